The lowest BCUT2D eigenvalue weighted by Crippen LogP contribution is -2.36. The number of ether oxygens (including phenoxy) is 3. The van der Waals surface area contributed by atoms with E-state index in [9.17, 15) is 19.2 Å². The third kappa shape index (κ3) is 7.28. The molecule has 0 unspecified atom stereocenters. The fourth-order valence-corrected chi connectivity index (χ4v) is 4.46. The number of carbonyl (C=O) groups excluding carboxylic acids is 4. The fourth-order valence-electron chi connectivity index (χ4n) is 3.16. The lowest BCUT2D eigenvalue weighted by molar-refractivity contribution is -0.149. The van der Waals surface area contributed by atoms with Crippen LogP contribution in [0.2, 0.25) is 0 Å². The van der Waals surface area contributed by atoms with Gasteiger partial charge in [0.25, 0.3) is 11.1 Å². The third-order valence-corrected chi connectivity index (χ3v) is 6.36. The number of hydrogen-bond donors (Lipinski definition) is 1. The summed E-state index contributed by atoms with van der Waals surface area (Å²) in [5.74, 6) is -0.881. The van der Waals surface area contributed by atoms with Crippen LogP contribution in [0.4, 0.5) is 10.5 Å². The minimum atomic E-state index is -0.561. The maximum absolute atomic E-state index is 12.8. The molecule has 0 spiro atoms. The highest BCUT2D eigenvalue weighted by atomic mass is 32.2. The minimum absolute atomic E-state index is 0.174. The fraction of sp³-hybridized carbons (Fsp3) is 0.280. The zero-order chi connectivity index (χ0) is 26.2. The molecule has 11 heteroatoms. The van der Waals surface area contributed by atoms with Gasteiger partial charge in [-0.25, -0.2) is 4.79 Å². The summed E-state index contributed by atoms with van der Waals surface area (Å²) in [6.45, 7) is 2.81. The van der Waals surface area contributed by atoms with Crippen LogP contribution in [0.25, 0.3) is 6.08 Å². The van der Waals surface area contributed by atoms with Crippen LogP contribution in [-0.4, -0.2) is 60.5 Å². The Morgan fingerprint density at radius 3 is 2.61 bits per heavy atom. The molecule has 190 valence electrons. The van der Waals surface area contributed by atoms with Crippen molar-refractivity contribution < 1.29 is 33.4 Å². The van der Waals surface area contributed by atoms with Crippen molar-refractivity contribution in [2.75, 3.05) is 31.8 Å². The number of rotatable bonds is 10. The van der Waals surface area contributed by atoms with E-state index in [0.29, 0.717) is 22.7 Å². The van der Waals surface area contributed by atoms with E-state index in [-0.39, 0.29) is 17.6 Å². The molecule has 0 atom stereocenters. The van der Waals surface area contributed by atoms with E-state index < -0.39 is 29.6 Å². The van der Waals surface area contributed by atoms with Crippen LogP contribution in [0, 0.1) is 0 Å². The zero-order valence-corrected chi connectivity index (χ0v) is 21.9. The average Bonchev–Trinajstić information content (AvgIpc) is 3.09. The van der Waals surface area contributed by atoms with Crippen molar-refractivity contribution in [2.24, 2.45) is 0 Å². The molecular weight excluding hydrogens is 504 g/mol. The van der Waals surface area contributed by atoms with Crippen molar-refractivity contribution in [3.05, 3.63) is 52.9 Å². The number of anilines is 1. The summed E-state index contributed by atoms with van der Waals surface area (Å²) in [4.78, 5) is 51.5. The van der Waals surface area contributed by atoms with E-state index in [1.54, 1.807) is 38.1 Å². The first kappa shape index (κ1) is 27.2. The smallest absolute Gasteiger partial charge is 0.344 e. The predicted octanol–water partition coefficient (Wildman–Crippen LogP) is 4.42. The largest absolute Gasteiger partial charge is 0.493 e. The molecule has 0 aliphatic carbocycles. The second kappa shape index (κ2) is 12.5. The summed E-state index contributed by atoms with van der Waals surface area (Å²) < 4.78 is 15.8. The van der Waals surface area contributed by atoms with Crippen LogP contribution < -0.4 is 14.8 Å². The maximum atomic E-state index is 12.8. The Balaban J connectivity index is 1.66. The van der Waals surface area contributed by atoms with Gasteiger partial charge in [-0.05, 0) is 73.8 Å². The third-order valence-electron chi connectivity index (χ3n) is 4.73. The Kier molecular flexibility index (Phi) is 9.43. The van der Waals surface area contributed by atoms with Gasteiger partial charge < -0.3 is 19.5 Å². The summed E-state index contributed by atoms with van der Waals surface area (Å²) in [5.41, 5.74) is 1.16. The minimum Gasteiger partial charge on any atom is -0.493 e. The molecule has 2 aromatic carbocycles. The molecule has 0 radical (unpaired) electrons. The van der Waals surface area contributed by atoms with Gasteiger partial charge in [-0.1, -0.05) is 12.1 Å². The Morgan fingerprint density at radius 1 is 1.14 bits per heavy atom. The van der Waals surface area contributed by atoms with Gasteiger partial charge in [-0.3, -0.25) is 19.3 Å². The number of carbonyl (C=O) groups is 4. The molecule has 0 saturated carbocycles. The molecule has 1 aliphatic rings. The normalized spacial score (nSPS) is 14.4. The highest BCUT2D eigenvalue weighted by molar-refractivity contribution is 8.18. The van der Waals surface area contributed by atoms with E-state index in [1.807, 2.05) is 24.5 Å². The highest BCUT2D eigenvalue weighted by Gasteiger charge is 2.36. The van der Waals surface area contributed by atoms with E-state index in [4.69, 9.17) is 14.2 Å². The van der Waals surface area contributed by atoms with Crippen molar-refractivity contribution >= 4 is 58.3 Å². The summed E-state index contributed by atoms with van der Waals surface area (Å²) in [6, 6.07) is 12.1. The van der Waals surface area contributed by atoms with Gasteiger partial charge in [0.2, 0.25) is 5.91 Å². The molecule has 1 saturated heterocycles. The lowest BCUT2D eigenvalue weighted by atomic mass is 10.2. The van der Waals surface area contributed by atoms with E-state index >= 15 is 0 Å². The van der Waals surface area contributed by atoms with E-state index in [2.05, 4.69) is 5.32 Å². The van der Waals surface area contributed by atoms with Crippen molar-refractivity contribution in [3.8, 4) is 11.5 Å². The molecule has 1 heterocycles. The standard InChI is InChI=1S/C25H26N2O7S2/c1-15(2)34-23(29)14-33-19-9-8-16(10-20(19)32-3)11-21-24(30)27(25(31)36-21)13-22(28)26-17-6-5-7-18(12-17)35-4/h5-12,15H,13-14H2,1-4H3,(H,26,28)/b21-11-. The van der Waals surface area contributed by atoms with Gasteiger partial charge in [-0.2, -0.15) is 0 Å². The number of esters is 1. The second-order valence-electron chi connectivity index (χ2n) is 7.79. The molecule has 9 nitrogen and oxygen atoms in total. The molecule has 3 amide bonds. The van der Waals surface area contributed by atoms with Crippen molar-refractivity contribution in [1.29, 1.82) is 0 Å². The number of thioether (sulfide) groups is 2. The molecule has 2 aromatic rings. The number of benzene rings is 2. The van der Waals surface area contributed by atoms with Crippen molar-refractivity contribution in [1.82, 2.24) is 4.90 Å². The van der Waals surface area contributed by atoms with Gasteiger partial charge in [-0.15, -0.1) is 11.8 Å². The summed E-state index contributed by atoms with van der Waals surface area (Å²) >= 11 is 2.29. The van der Waals surface area contributed by atoms with Gasteiger partial charge in [0.1, 0.15) is 6.54 Å². The SMILES string of the molecule is COc1cc(/C=C2\SC(=O)N(CC(=O)Nc3cccc(SC)c3)C2=O)ccc1OCC(=O)OC(C)C. The van der Waals surface area contributed by atoms with Crippen LogP contribution >= 0.6 is 23.5 Å². The molecule has 1 fully saturated rings. The Hall–Kier alpha value is -3.44. The van der Waals surface area contributed by atoms with Crippen molar-refractivity contribution in [2.45, 2.75) is 24.8 Å². The number of amides is 3. The van der Waals surface area contributed by atoms with Gasteiger partial charge in [0.15, 0.2) is 18.1 Å². The Labute approximate surface area is 217 Å². The molecule has 1 N–H and O–H groups in total. The monoisotopic (exact) mass is 530 g/mol. The van der Waals surface area contributed by atoms with Crippen molar-refractivity contribution in [3.63, 3.8) is 0 Å². The van der Waals surface area contributed by atoms with E-state index in [0.717, 1.165) is 21.6 Å². The Bertz CT molecular complexity index is 1200. The second-order valence-corrected chi connectivity index (χ2v) is 9.66. The number of nitrogens with zero attached hydrogens (tertiary/aromatic N) is 1. The molecule has 0 aromatic heterocycles. The number of methoxy groups -OCH3 is 1. The molecule has 1 aliphatic heterocycles. The first-order chi connectivity index (χ1) is 17.2. The zero-order valence-electron chi connectivity index (χ0n) is 20.2. The van der Waals surface area contributed by atoms with Crippen LogP contribution in [0.15, 0.2) is 52.3 Å². The first-order valence-corrected chi connectivity index (χ1v) is 12.9. The van der Waals surface area contributed by atoms with E-state index in [1.165, 1.54) is 24.9 Å². The molecule has 3 rings (SSSR count). The summed E-state index contributed by atoms with van der Waals surface area (Å²) in [5, 5.41) is 2.18. The topological polar surface area (TPSA) is 111 Å². The first-order valence-electron chi connectivity index (χ1n) is 10.9. The number of imide groups is 1. The summed E-state index contributed by atoms with van der Waals surface area (Å²) in [7, 11) is 1.44. The van der Waals surface area contributed by atoms with Crippen LogP contribution in [0.5, 0.6) is 11.5 Å². The van der Waals surface area contributed by atoms with Crippen LogP contribution in [0.1, 0.15) is 19.4 Å². The van der Waals surface area contributed by atoms with Gasteiger partial charge in [0, 0.05) is 10.6 Å². The predicted molar refractivity (Wildman–Crippen MR) is 139 cm³/mol. The molecular formula is C25H26N2O7S2. The average molecular weight is 531 g/mol. The maximum Gasteiger partial charge on any atom is 0.344 e. The lowest BCUT2D eigenvalue weighted by Gasteiger charge is -2.13. The highest BCUT2D eigenvalue weighted by Crippen LogP contribution is 2.34. The number of hydrogen-bond acceptors (Lipinski definition) is 9. The molecule has 0 bridgehead atoms. The number of nitrogens with one attached hydrogen (secondary N) is 1. The van der Waals surface area contributed by atoms with Crippen LogP contribution in [-0.2, 0) is 19.1 Å². The quantitative estimate of drug-likeness (QED) is 0.271. The summed E-state index contributed by atoms with van der Waals surface area (Å²) in [6.07, 6.45) is 3.20. The molecule has 36 heavy (non-hydrogen) atoms. The Morgan fingerprint density at radius 2 is 1.92 bits per heavy atom. The van der Waals surface area contributed by atoms with Crippen LogP contribution in [0.3, 0.4) is 0 Å². The van der Waals surface area contributed by atoms with Gasteiger partial charge >= 0.3 is 5.97 Å². The van der Waals surface area contributed by atoms with Gasteiger partial charge in [0.05, 0.1) is 18.1 Å².